The lowest BCUT2D eigenvalue weighted by atomic mass is 9.86. The van der Waals surface area contributed by atoms with E-state index in [1.54, 1.807) is 13.8 Å². The lowest BCUT2D eigenvalue weighted by molar-refractivity contribution is -0.183. The molecule has 1 fully saturated rings. The van der Waals surface area contributed by atoms with E-state index in [1.807, 2.05) is 13.8 Å². The average Bonchev–Trinajstić information content (AvgIpc) is 2.43. The molecule has 0 aromatic heterocycles. The minimum absolute atomic E-state index is 0.0736. The van der Waals surface area contributed by atoms with Crippen LogP contribution >= 0.6 is 0 Å². The highest BCUT2D eigenvalue weighted by atomic mass is 16.6. The van der Waals surface area contributed by atoms with Crippen molar-refractivity contribution in [3.63, 3.8) is 0 Å². The molecule has 1 unspecified atom stereocenters. The third kappa shape index (κ3) is 4.92. The van der Waals surface area contributed by atoms with Gasteiger partial charge >= 0.3 is 5.97 Å². The van der Waals surface area contributed by atoms with Crippen LogP contribution in [0, 0.1) is 5.92 Å². The van der Waals surface area contributed by atoms with Crippen molar-refractivity contribution in [2.45, 2.75) is 71.5 Å². The van der Waals surface area contributed by atoms with Gasteiger partial charge in [-0.25, -0.2) is 4.79 Å². The Labute approximate surface area is 126 Å². The first-order chi connectivity index (χ1) is 9.78. The number of ether oxygens (including phenoxy) is 2. The van der Waals surface area contributed by atoms with Gasteiger partial charge in [0.15, 0.2) is 11.6 Å². The summed E-state index contributed by atoms with van der Waals surface area (Å²) in [5, 5.41) is 0. The number of hydrogen-bond donors (Lipinski definition) is 0. The molecule has 5 nitrogen and oxygen atoms in total. The molecule has 0 N–H and O–H groups in total. The van der Waals surface area contributed by atoms with Crippen molar-refractivity contribution in [1.82, 2.24) is 0 Å². The zero-order valence-corrected chi connectivity index (χ0v) is 13.4. The highest BCUT2D eigenvalue weighted by Gasteiger charge is 2.49. The van der Waals surface area contributed by atoms with E-state index in [9.17, 15) is 14.4 Å². The van der Waals surface area contributed by atoms with Crippen LogP contribution in [0.1, 0.15) is 59.8 Å². The van der Waals surface area contributed by atoms with Gasteiger partial charge < -0.3 is 9.47 Å². The van der Waals surface area contributed by atoms with Crippen molar-refractivity contribution in [2.75, 3.05) is 6.61 Å². The summed E-state index contributed by atoms with van der Waals surface area (Å²) in [6.45, 7) is 7.08. The topological polar surface area (TPSA) is 69.7 Å². The van der Waals surface area contributed by atoms with E-state index in [4.69, 9.17) is 9.47 Å². The van der Waals surface area contributed by atoms with Gasteiger partial charge in [0.25, 0.3) is 0 Å². The summed E-state index contributed by atoms with van der Waals surface area (Å²) in [4.78, 5) is 36.8. The van der Waals surface area contributed by atoms with Gasteiger partial charge in [0.05, 0.1) is 6.10 Å². The van der Waals surface area contributed by atoms with Crippen molar-refractivity contribution in [1.29, 1.82) is 0 Å². The molecule has 5 heteroatoms. The Hall–Kier alpha value is -1.23. The molecule has 120 valence electrons. The second-order valence-corrected chi connectivity index (χ2v) is 6.34. The van der Waals surface area contributed by atoms with Gasteiger partial charge in [-0.15, -0.1) is 0 Å². The normalized spacial score (nSPS) is 24.7. The molecule has 1 saturated heterocycles. The van der Waals surface area contributed by atoms with E-state index in [0.717, 1.165) is 0 Å². The lowest BCUT2D eigenvalue weighted by Gasteiger charge is -2.31. The first-order valence-electron chi connectivity index (χ1n) is 7.68. The summed E-state index contributed by atoms with van der Waals surface area (Å²) in [7, 11) is 0. The molecule has 1 heterocycles. The van der Waals surface area contributed by atoms with Crippen molar-refractivity contribution in [3.8, 4) is 0 Å². The summed E-state index contributed by atoms with van der Waals surface area (Å²) in [5.74, 6) is -0.929. The number of hydrogen-bond acceptors (Lipinski definition) is 5. The fraction of sp³-hybridized carbons (Fsp3) is 0.812. The van der Waals surface area contributed by atoms with Crippen LogP contribution in [0.15, 0.2) is 0 Å². The second-order valence-electron chi connectivity index (χ2n) is 6.34. The molecule has 0 spiro atoms. The van der Waals surface area contributed by atoms with Crippen molar-refractivity contribution >= 4 is 17.5 Å². The molecule has 21 heavy (non-hydrogen) atoms. The maximum atomic E-state index is 12.6. The van der Waals surface area contributed by atoms with Crippen LogP contribution in [0.2, 0.25) is 0 Å². The van der Waals surface area contributed by atoms with E-state index < -0.39 is 11.6 Å². The van der Waals surface area contributed by atoms with Gasteiger partial charge in [0, 0.05) is 12.8 Å². The maximum Gasteiger partial charge on any atom is 0.346 e. The first-order valence-corrected chi connectivity index (χ1v) is 7.68. The Morgan fingerprint density at radius 2 is 1.81 bits per heavy atom. The summed E-state index contributed by atoms with van der Waals surface area (Å²) < 4.78 is 10.8. The third-order valence-electron chi connectivity index (χ3n) is 3.41. The van der Waals surface area contributed by atoms with E-state index in [-0.39, 0.29) is 43.0 Å². The molecule has 1 aliphatic rings. The van der Waals surface area contributed by atoms with E-state index in [1.165, 1.54) is 0 Å². The number of rotatable bonds is 4. The molecule has 1 aliphatic heterocycles. The first kappa shape index (κ1) is 17.8. The quantitative estimate of drug-likeness (QED) is 0.589. The summed E-state index contributed by atoms with van der Waals surface area (Å²) >= 11 is 0. The third-order valence-corrected chi connectivity index (χ3v) is 3.41. The number of Topliss-reactive ketones (excluding diaryl/α,β-unsaturated/α-hetero) is 2. The van der Waals surface area contributed by atoms with Gasteiger partial charge in [0.1, 0.15) is 6.61 Å². The Morgan fingerprint density at radius 3 is 2.38 bits per heavy atom. The predicted octanol–water partition coefficient (Wildman–Crippen LogP) is 2.45. The van der Waals surface area contributed by atoms with Crippen LogP contribution in [0.25, 0.3) is 0 Å². The lowest BCUT2D eigenvalue weighted by Crippen LogP contribution is -2.52. The molecule has 0 amide bonds. The summed E-state index contributed by atoms with van der Waals surface area (Å²) in [5.41, 5.74) is -1.63. The fourth-order valence-corrected chi connectivity index (χ4v) is 2.48. The monoisotopic (exact) mass is 298 g/mol. The maximum absolute atomic E-state index is 12.6. The molecule has 0 saturated carbocycles. The summed E-state index contributed by atoms with van der Waals surface area (Å²) in [6, 6.07) is 0. The molecule has 0 aromatic rings. The van der Waals surface area contributed by atoms with Crippen LogP contribution in [0.5, 0.6) is 0 Å². The minimum Gasteiger partial charge on any atom is -0.460 e. The van der Waals surface area contributed by atoms with Crippen LogP contribution in [-0.4, -0.2) is 35.8 Å². The zero-order chi connectivity index (χ0) is 16.0. The van der Waals surface area contributed by atoms with E-state index in [0.29, 0.717) is 19.3 Å². The molecule has 1 atom stereocenters. The number of carbonyl (C=O) groups is 3. The zero-order valence-electron chi connectivity index (χ0n) is 13.4. The van der Waals surface area contributed by atoms with Gasteiger partial charge in [-0.3, -0.25) is 9.59 Å². The Kier molecular flexibility index (Phi) is 6.52. The van der Waals surface area contributed by atoms with Crippen molar-refractivity contribution < 1.29 is 23.9 Å². The smallest absolute Gasteiger partial charge is 0.346 e. The van der Waals surface area contributed by atoms with Crippen molar-refractivity contribution in [3.05, 3.63) is 0 Å². The standard InChI is InChI=1S/C16H26O5/c1-11(2)9-16(15(19)21-12(3)4)14(18)8-6-5-7-13(17)10-20-16/h11-12H,5-10H2,1-4H3. The predicted molar refractivity (Wildman–Crippen MR) is 77.8 cm³/mol. The largest absolute Gasteiger partial charge is 0.460 e. The van der Waals surface area contributed by atoms with Crippen LogP contribution in [0.4, 0.5) is 0 Å². The highest BCUT2D eigenvalue weighted by Crippen LogP contribution is 2.29. The van der Waals surface area contributed by atoms with Crippen molar-refractivity contribution in [2.24, 2.45) is 5.92 Å². The fourth-order valence-electron chi connectivity index (χ4n) is 2.48. The minimum atomic E-state index is -1.63. The van der Waals surface area contributed by atoms with Crippen LogP contribution in [0.3, 0.4) is 0 Å². The van der Waals surface area contributed by atoms with Gasteiger partial charge in [0.2, 0.25) is 5.60 Å². The van der Waals surface area contributed by atoms with E-state index >= 15 is 0 Å². The van der Waals surface area contributed by atoms with E-state index in [2.05, 4.69) is 0 Å². The molecule has 1 rings (SSSR count). The molecule has 0 radical (unpaired) electrons. The van der Waals surface area contributed by atoms with Gasteiger partial charge in [-0.2, -0.15) is 0 Å². The molecular weight excluding hydrogens is 272 g/mol. The highest BCUT2D eigenvalue weighted by molar-refractivity contribution is 6.07. The van der Waals surface area contributed by atoms with Gasteiger partial charge in [-0.05, 0) is 39.0 Å². The average molecular weight is 298 g/mol. The van der Waals surface area contributed by atoms with Crippen LogP contribution < -0.4 is 0 Å². The SMILES string of the molecule is CC(C)CC1(C(=O)OC(C)C)OCC(=O)CCCCC1=O. The second kappa shape index (κ2) is 7.69. The Morgan fingerprint density at radius 1 is 1.19 bits per heavy atom. The Bertz CT molecular complexity index is 399. The van der Waals surface area contributed by atoms with Crippen LogP contribution in [-0.2, 0) is 23.9 Å². The molecular formula is C16H26O5. The summed E-state index contributed by atoms with van der Waals surface area (Å²) in [6.07, 6.45) is 1.80. The Balaban J connectivity index is 3.10. The molecule has 0 aliphatic carbocycles. The number of esters is 1. The van der Waals surface area contributed by atoms with Gasteiger partial charge in [-0.1, -0.05) is 13.8 Å². The molecule has 0 bridgehead atoms. The number of ketones is 2. The number of carbonyl (C=O) groups excluding carboxylic acids is 3. The molecule has 0 aromatic carbocycles.